The van der Waals surface area contributed by atoms with Crippen molar-refractivity contribution in [2.45, 2.75) is 56.4 Å². The van der Waals surface area contributed by atoms with Crippen LogP contribution < -0.4 is 5.32 Å². The third-order valence-corrected chi connectivity index (χ3v) is 5.21. The Labute approximate surface area is 142 Å². The van der Waals surface area contributed by atoms with Crippen molar-refractivity contribution < 1.29 is 14.1 Å². The van der Waals surface area contributed by atoms with Crippen LogP contribution in [0.3, 0.4) is 0 Å². The van der Waals surface area contributed by atoms with Crippen LogP contribution in [-0.2, 0) is 9.53 Å². The van der Waals surface area contributed by atoms with E-state index >= 15 is 0 Å². The fourth-order valence-corrected chi connectivity index (χ4v) is 3.64. The number of carbonyl (C=O) groups excluding carboxylic acids is 1. The monoisotopic (exact) mass is 334 g/mol. The number of rotatable bonds is 5. The van der Waals surface area contributed by atoms with Crippen molar-refractivity contribution in [3.8, 4) is 0 Å². The van der Waals surface area contributed by atoms with E-state index in [0.717, 1.165) is 63.7 Å². The first-order chi connectivity index (χ1) is 11.8. The quantitative estimate of drug-likeness (QED) is 0.877. The summed E-state index contributed by atoms with van der Waals surface area (Å²) in [5.41, 5.74) is 0. The number of hydrogen-bond acceptors (Lipinski definition) is 6. The second kappa shape index (κ2) is 7.19. The number of amides is 1. The van der Waals surface area contributed by atoms with Gasteiger partial charge in [0.1, 0.15) is 0 Å². The van der Waals surface area contributed by atoms with Gasteiger partial charge in [-0.05, 0) is 45.1 Å². The zero-order valence-corrected chi connectivity index (χ0v) is 14.1. The SMILES string of the molecule is O=C(CN1CCC[C@@H](c2noc(C3CC3)n2)C1)NC1CCOCC1. The van der Waals surface area contributed by atoms with Gasteiger partial charge in [0.05, 0.1) is 6.54 Å². The number of likely N-dealkylation sites (tertiary alicyclic amines) is 1. The molecule has 132 valence electrons. The van der Waals surface area contributed by atoms with Crippen LogP contribution in [0.2, 0.25) is 0 Å². The van der Waals surface area contributed by atoms with Gasteiger partial charge in [0, 0.05) is 37.6 Å². The molecule has 2 saturated heterocycles. The van der Waals surface area contributed by atoms with Crippen LogP contribution >= 0.6 is 0 Å². The van der Waals surface area contributed by atoms with Crippen LogP contribution in [0, 0.1) is 0 Å². The lowest BCUT2D eigenvalue weighted by molar-refractivity contribution is -0.123. The third kappa shape index (κ3) is 3.95. The van der Waals surface area contributed by atoms with E-state index in [4.69, 9.17) is 9.26 Å². The molecule has 7 nitrogen and oxygen atoms in total. The van der Waals surface area contributed by atoms with E-state index in [-0.39, 0.29) is 17.9 Å². The Balaban J connectivity index is 1.28. The molecule has 0 radical (unpaired) electrons. The Morgan fingerprint density at radius 3 is 2.79 bits per heavy atom. The molecule has 3 heterocycles. The molecular formula is C17H26N4O3. The predicted octanol–water partition coefficient (Wildman–Crippen LogP) is 1.42. The molecule has 0 bridgehead atoms. The van der Waals surface area contributed by atoms with Gasteiger partial charge >= 0.3 is 0 Å². The van der Waals surface area contributed by atoms with Crippen LogP contribution in [0.1, 0.15) is 62.1 Å². The maximum atomic E-state index is 12.3. The van der Waals surface area contributed by atoms with Gasteiger partial charge in [-0.2, -0.15) is 4.98 Å². The van der Waals surface area contributed by atoms with E-state index in [0.29, 0.717) is 12.5 Å². The Kier molecular flexibility index (Phi) is 4.80. The molecule has 1 saturated carbocycles. The van der Waals surface area contributed by atoms with Crippen molar-refractivity contribution in [2.24, 2.45) is 0 Å². The molecule has 24 heavy (non-hydrogen) atoms. The van der Waals surface area contributed by atoms with Gasteiger partial charge in [0.2, 0.25) is 11.8 Å². The van der Waals surface area contributed by atoms with E-state index in [2.05, 4.69) is 20.4 Å². The molecule has 0 spiro atoms. The van der Waals surface area contributed by atoms with Gasteiger partial charge in [-0.3, -0.25) is 9.69 Å². The maximum Gasteiger partial charge on any atom is 0.234 e. The van der Waals surface area contributed by atoms with Crippen molar-refractivity contribution in [1.29, 1.82) is 0 Å². The van der Waals surface area contributed by atoms with Crippen molar-refractivity contribution in [1.82, 2.24) is 20.4 Å². The summed E-state index contributed by atoms with van der Waals surface area (Å²) in [6, 6.07) is 0.269. The van der Waals surface area contributed by atoms with Crippen molar-refractivity contribution in [2.75, 3.05) is 32.8 Å². The number of ether oxygens (including phenoxy) is 1. The first kappa shape index (κ1) is 16.0. The molecule has 7 heteroatoms. The molecule has 1 atom stereocenters. The Bertz CT molecular complexity index is 566. The van der Waals surface area contributed by atoms with E-state index in [9.17, 15) is 4.79 Å². The zero-order valence-electron chi connectivity index (χ0n) is 14.1. The summed E-state index contributed by atoms with van der Waals surface area (Å²) in [6.45, 7) is 3.76. The van der Waals surface area contributed by atoms with Gasteiger partial charge in [-0.25, -0.2) is 0 Å². The normalized spacial score (nSPS) is 26.4. The van der Waals surface area contributed by atoms with Crippen LogP contribution in [0.25, 0.3) is 0 Å². The lowest BCUT2D eigenvalue weighted by Crippen LogP contribution is -2.46. The van der Waals surface area contributed by atoms with Crippen molar-refractivity contribution in [3.05, 3.63) is 11.7 Å². The van der Waals surface area contributed by atoms with Gasteiger partial charge in [-0.15, -0.1) is 0 Å². The molecule has 1 aromatic heterocycles. The molecule has 2 aliphatic heterocycles. The van der Waals surface area contributed by atoms with E-state index in [1.54, 1.807) is 0 Å². The van der Waals surface area contributed by atoms with Crippen molar-refractivity contribution >= 4 is 5.91 Å². The summed E-state index contributed by atoms with van der Waals surface area (Å²) in [7, 11) is 0. The molecule has 3 aliphatic rings. The van der Waals surface area contributed by atoms with Gasteiger partial charge < -0.3 is 14.6 Å². The fraction of sp³-hybridized carbons (Fsp3) is 0.824. The number of aromatic nitrogens is 2. The van der Waals surface area contributed by atoms with Gasteiger partial charge in [0.25, 0.3) is 0 Å². The second-order valence-corrected chi connectivity index (χ2v) is 7.29. The average molecular weight is 334 g/mol. The van der Waals surface area contributed by atoms with Crippen LogP contribution in [0.15, 0.2) is 4.52 Å². The number of nitrogens with zero attached hydrogens (tertiary/aromatic N) is 3. The molecule has 1 amide bonds. The molecule has 4 rings (SSSR count). The zero-order chi connectivity index (χ0) is 16.4. The summed E-state index contributed by atoms with van der Waals surface area (Å²) >= 11 is 0. The lowest BCUT2D eigenvalue weighted by Gasteiger charge is -2.31. The standard InChI is InChI=1S/C17H26N4O3/c22-15(18-14-5-8-23-9-6-14)11-21-7-1-2-13(10-21)16-19-17(24-20-16)12-3-4-12/h12-14H,1-11H2,(H,18,22)/t13-/m1/s1. The summed E-state index contributed by atoms with van der Waals surface area (Å²) in [5, 5.41) is 7.32. The summed E-state index contributed by atoms with van der Waals surface area (Å²) in [5.74, 6) is 2.53. The molecule has 0 unspecified atom stereocenters. The number of nitrogens with one attached hydrogen (secondary N) is 1. The Morgan fingerprint density at radius 1 is 1.17 bits per heavy atom. The summed E-state index contributed by atoms with van der Waals surface area (Å²) in [4.78, 5) is 19.1. The van der Waals surface area contributed by atoms with Gasteiger partial charge in [0.15, 0.2) is 5.82 Å². The van der Waals surface area contributed by atoms with Crippen LogP contribution in [-0.4, -0.2) is 59.8 Å². The minimum atomic E-state index is 0.120. The molecular weight excluding hydrogens is 308 g/mol. The Hall–Kier alpha value is -1.47. The molecule has 3 fully saturated rings. The highest BCUT2D eigenvalue weighted by atomic mass is 16.5. The smallest absolute Gasteiger partial charge is 0.234 e. The second-order valence-electron chi connectivity index (χ2n) is 7.29. The number of piperidine rings is 1. The first-order valence-corrected chi connectivity index (χ1v) is 9.21. The fourth-order valence-electron chi connectivity index (χ4n) is 3.64. The molecule has 0 aromatic carbocycles. The largest absolute Gasteiger partial charge is 0.381 e. The van der Waals surface area contributed by atoms with Crippen LogP contribution in [0.4, 0.5) is 0 Å². The minimum Gasteiger partial charge on any atom is -0.381 e. The Morgan fingerprint density at radius 2 is 2.00 bits per heavy atom. The number of carbonyl (C=O) groups is 1. The third-order valence-electron chi connectivity index (χ3n) is 5.21. The van der Waals surface area contributed by atoms with Crippen molar-refractivity contribution in [3.63, 3.8) is 0 Å². The van der Waals surface area contributed by atoms with E-state index in [1.807, 2.05) is 0 Å². The highest BCUT2D eigenvalue weighted by Crippen LogP contribution is 2.39. The minimum absolute atomic E-state index is 0.120. The highest BCUT2D eigenvalue weighted by molar-refractivity contribution is 5.78. The molecule has 1 aromatic rings. The average Bonchev–Trinajstić information content (AvgIpc) is 3.33. The molecule has 1 aliphatic carbocycles. The maximum absolute atomic E-state index is 12.3. The van der Waals surface area contributed by atoms with E-state index < -0.39 is 0 Å². The van der Waals surface area contributed by atoms with E-state index in [1.165, 1.54) is 12.8 Å². The summed E-state index contributed by atoms with van der Waals surface area (Å²) in [6.07, 6.45) is 6.32. The topological polar surface area (TPSA) is 80.5 Å². The molecule has 1 N–H and O–H groups in total. The number of hydrogen-bond donors (Lipinski definition) is 1. The first-order valence-electron chi connectivity index (χ1n) is 9.21. The van der Waals surface area contributed by atoms with Gasteiger partial charge in [-0.1, -0.05) is 5.16 Å². The summed E-state index contributed by atoms with van der Waals surface area (Å²) < 4.78 is 10.7. The van der Waals surface area contributed by atoms with Crippen LogP contribution in [0.5, 0.6) is 0 Å². The predicted molar refractivity (Wildman–Crippen MR) is 86.7 cm³/mol. The highest BCUT2D eigenvalue weighted by Gasteiger charge is 2.32. The lowest BCUT2D eigenvalue weighted by atomic mass is 9.97.